The van der Waals surface area contributed by atoms with Gasteiger partial charge in [0, 0.05) is 38.5 Å². The van der Waals surface area contributed by atoms with Crippen LogP contribution in [0.1, 0.15) is 18.5 Å². The monoisotopic (exact) mass is 344 g/mol. The molecule has 0 radical (unpaired) electrons. The lowest BCUT2D eigenvalue weighted by atomic mass is 9.75. The first-order chi connectivity index (χ1) is 12.1. The van der Waals surface area contributed by atoms with Crippen molar-refractivity contribution >= 4 is 11.7 Å². The van der Waals surface area contributed by atoms with Crippen LogP contribution in [0, 0.1) is 24.7 Å². The number of carbonyl (C=O) groups is 1. The molecule has 3 rings (SSSR count). The van der Waals surface area contributed by atoms with Gasteiger partial charge >= 0.3 is 0 Å². The Morgan fingerprint density at radius 1 is 1.32 bits per heavy atom. The van der Waals surface area contributed by atoms with Gasteiger partial charge in [0.25, 0.3) is 0 Å². The second kappa shape index (κ2) is 7.95. The van der Waals surface area contributed by atoms with E-state index in [2.05, 4.69) is 21.7 Å². The van der Waals surface area contributed by atoms with E-state index in [1.807, 2.05) is 31.0 Å². The Hall–Kier alpha value is -1.95. The molecule has 2 saturated heterocycles. The Balaban J connectivity index is 1.72. The van der Waals surface area contributed by atoms with Crippen LogP contribution in [0.25, 0.3) is 0 Å². The predicted octanol–water partition coefficient (Wildman–Crippen LogP) is 1.91. The van der Waals surface area contributed by atoms with Crippen LogP contribution in [0.4, 0.5) is 5.82 Å². The number of anilines is 1. The maximum absolute atomic E-state index is 12.7. The molecule has 0 N–H and O–H groups in total. The number of carbonyl (C=O) groups excluding carboxylic acids is 1. The van der Waals surface area contributed by atoms with Crippen LogP contribution in [0.15, 0.2) is 24.8 Å². The molecular formula is C19H28N4O2. The van der Waals surface area contributed by atoms with E-state index in [1.165, 1.54) is 0 Å². The van der Waals surface area contributed by atoms with Gasteiger partial charge in [-0.2, -0.15) is 5.10 Å². The minimum atomic E-state index is 0.0829. The molecule has 3 heterocycles. The Kier molecular flexibility index (Phi) is 5.68. The molecule has 2 aliphatic rings. The number of likely N-dealkylation sites (tertiary alicyclic amines) is 1. The van der Waals surface area contributed by atoms with Crippen molar-refractivity contribution in [3.63, 3.8) is 0 Å². The highest BCUT2D eigenvalue weighted by Crippen LogP contribution is 2.37. The molecule has 6 nitrogen and oxygen atoms in total. The average Bonchev–Trinajstić information content (AvgIpc) is 2.83. The van der Waals surface area contributed by atoms with Crippen molar-refractivity contribution in [2.45, 2.75) is 19.8 Å². The standard InChI is InChI=1S/C19H28N4O2/c1-4-11-25-13-15-12-22(3)19(24)17-8-10-23(9-7-16(15)17)18-6-5-14(2)20-21-18/h4-6,15-17H,1,7-13H2,2-3H3/t15-,16-,17-/m0/s1. The van der Waals surface area contributed by atoms with Gasteiger partial charge in [-0.3, -0.25) is 4.79 Å². The minimum Gasteiger partial charge on any atom is -0.377 e. The smallest absolute Gasteiger partial charge is 0.225 e. The number of aryl methyl sites for hydroxylation is 1. The second-order valence-corrected chi connectivity index (χ2v) is 7.17. The van der Waals surface area contributed by atoms with Crippen molar-refractivity contribution in [1.82, 2.24) is 15.1 Å². The number of aromatic nitrogens is 2. The summed E-state index contributed by atoms with van der Waals surface area (Å²) in [6.07, 6.45) is 3.63. The Bertz CT molecular complexity index is 604. The summed E-state index contributed by atoms with van der Waals surface area (Å²) in [6.45, 7) is 9.44. The van der Waals surface area contributed by atoms with E-state index < -0.39 is 0 Å². The van der Waals surface area contributed by atoms with E-state index in [9.17, 15) is 4.79 Å². The molecular weight excluding hydrogens is 316 g/mol. The molecule has 1 amide bonds. The highest BCUT2D eigenvalue weighted by Gasteiger charge is 2.42. The van der Waals surface area contributed by atoms with Crippen LogP contribution in [-0.2, 0) is 9.53 Å². The predicted molar refractivity (Wildman–Crippen MR) is 97.3 cm³/mol. The molecule has 1 aromatic rings. The Morgan fingerprint density at radius 3 is 2.84 bits per heavy atom. The van der Waals surface area contributed by atoms with Crippen molar-refractivity contribution in [1.29, 1.82) is 0 Å². The number of fused-ring (bicyclic) bond motifs is 1. The highest BCUT2D eigenvalue weighted by atomic mass is 16.5. The molecule has 0 aromatic carbocycles. The third-order valence-corrected chi connectivity index (χ3v) is 5.44. The molecule has 0 bridgehead atoms. The zero-order valence-corrected chi connectivity index (χ0v) is 15.2. The molecule has 25 heavy (non-hydrogen) atoms. The molecule has 0 unspecified atom stereocenters. The van der Waals surface area contributed by atoms with Gasteiger partial charge in [-0.1, -0.05) is 6.08 Å². The van der Waals surface area contributed by atoms with Gasteiger partial charge in [0.15, 0.2) is 5.82 Å². The summed E-state index contributed by atoms with van der Waals surface area (Å²) in [5, 5.41) is 8.49. The summed E-state index contributed by atoms with van der Waals surface area (Å²) in [5.41, 5.74) is 0.920. The number of amides is 1. The first kappa shape index (κ1) is 17.9. The van der Waals surface area contributed by atoms with Gasteiger partial charge in [-0.15, -0.1) is 11.7 Å². The largest absolute Gasteiger partial charge is 0.377 e. The molecule has 6 heteroatoms. The molecule has 1 aromatic heterocycles. The zero-order valence-electron chi connectivity index (χ0n) is 15.2. The van der Waals surface area contributed by atoms with Crippen molar-refractivity contribution < 1.29 is 9.53 Å². The summed E-state index contributed by atoms with van der Waals surface area (Å²) >= 11 is 0. The molecule has 2 aliphatic heterocycles. The molecule has 136 valence electrons. The zero-order chi connectivity index (χ0) is 17.8. The topological polar surface area (TPSA) is 58.6 Å². The minimum absolute atomic E-state index is 0.0829. The third kappa shape index (κ3) is 4.00. The van der Waals surface area contributed by atoms with Crippen LogP contribution in [-0.4, -0.2) is 60.9 Å². The SMILES string of the molecule is C=CCOC[C@@H]1CN(C)C(=O)[C@H]2CCN(c3ccc(C)nn3)CC[C@@H]12. The summed E-state index contributed by atoms with van der Waals surface area (Å²) in [7, 11) is 1.91. The van der Waals surface area contributed by atoms with Crippen molar-refractivity contribution in [2.24, 2.45) is 17.8 Å². The fraction of sp³-hybridized carbons (Fsp3) is 0.632. The first-order valence-corrected chi connectivity index (χ1v) is 9.09. The lowest BCUT2D eigenvalue weighted by Crippen LogP contribution is -2.50. The number of piperidine rings is 1. The number of rotatable bonds is 5. The van der Waals surface area contributed by atoms with Crippen LogP contribution < -0.4 is 4.90 Å². The van der Waals surface area contributed by atoms with Crippen LogP contribution in [0.5, 0.6) is 0 Å². The van der Waals surface area contributed by atoms with Gasteiger partial charge in [-0.25, -0.2) is 0 Å². The van der Waals surface area contributed by atoms with Gasteiger partial charge in [-0.05, 0) is 37.8 Å². The van der Waals surface area contributed by atoms with E-state index in [1.54, 1.807) is 6.08 Å². The Morgan fingerprint density at radius 2 is 2.12 bits per heavy atom. The van der Waals surface area contributed by atoms with Crippen molar-refractivity contribution in [3.05, 3.63) is 30.5 Å². The van der Waals surface area contributed by atoms with Crippen LogP contribution >= 0.6 is 0 Å². The summed E-state index contributed by atoms with van der Waals surface area (Å²) in [4.78, 5) is 16.8. The third-order valence-electron chi connectivity index (χ3n) is 5.44. The molecule has 0 aliphatic carbocycles. The quantitative estimate of drug-likeness (QED) is 0.603. The highest BCUT2D eigenvalue weighted by molar-refractivity contribution is 5.80. The van der Waals surface area contributed by atoms with E-state index in [0.29, 0.717) is 25.0 Å². The maximum atomic E-state index is 12.7. The Labute approximate surface area is 149 Å². The number of hydrogen-bond acceptors (Lipinski definition) is 5. The molecule has 3 atom stereocenters. The second-order valence-electron chi connectivity index (χ2n) is 7.17. The van der Waals surface area contributed by atoms with E-state index >= 15 is 0 Å². The fourth-order valence-corrected chi connectivity index (χ4v) is 4.13. The average molecular weight is 344 g/mol. The van der Waals surface area contributed by atoms with Crippen molar-refractivity contribution in [3.8, 4) is 0 Å². The number of nitrogens with zero attached hydrogens (tertiary/aromatic N) is 4. The lowest BCUT2D eigenvalue weighted by molar-refractivity contribution is -0.144. The number of hydrogen-bond donors (Lipinski definition) is 0. The summed E-state index contributed by atoms with van der Waals surface area (Å²) < 4.78 is 5.73. The molecule has 2 fully saturated rings. The van der Waals surface area contributed by atoms with Gasteiger partial charge in [0.2, 0.25) is 5.91 Å². The van der Waals surface area contributed by atoms with Gasteiger partial charge in [0.1, 0.15) is 0 Å². The van der Waals surface area contributed by atoms with E-state index in [-0.39, 0.29) is 11.8 Å². The summed E-state index contributed by atoms with van der Waals surface area (Å²) in [5.74, 6) is 2.03. The number of ether oxygens (including phenoxy) is 1. The van der Waals surface area contributed by atoms with Crippen LogP contribution in [0.3, 0.4) is 0 Å². The summed E-state index contributed by atoms with van der Waals surface area (Å²) in [6, 6.07) is 4.01. The van der Waals surface area contributed by atoms with E-state index in [0.717, 1.165) is 44.0 Å². The van der Waals surface area contributed by atoms with Crippen LogP contribution in [0.2, 0.25) is 0 Å². The van der Waals surface area contributed by atoms with E-state index in [4.69, 9.17) is 4.74 Å². The fourth-order valence-electron chi connectivity index (χ4n) is 4.13. The molecule has 0 spiro atoms. The molecule has 0 saturated carbocycles. The maximum Gasteiger partial charge on any atom is 0.225 e. The normalized spacial score (nSPS) is 27.0. The van der Waals surface area contributed by atoms with Crippen molar-refractivity contribution in [2.75, 3.05) is 44.8 Å². The lowest BCUT2D eigenvalue weighted by Gasteiger charge is -2.41. The van der Waals surface area contributed by atoms with Gasteiger partial charge < -0.3 is 14.5 Å². The first-order valence-electron chi connectivity index (χ1n) is 9.09. The van der Waals surface area contributed by atoms with Gasteiger partial charge in [0.05, 0.1) is 18.9 Å².